The van der Waals surface area contributed by atoms with Crippen molar-refractivity contribution < 1.29 is 28.5 Å². The van der Waals surface area contributed by atoms with Gasteiger partial charge in [-0.1, -0.05) is 24.3 Å². The highest BCUT2D eigenvalue weighted by Gasteiger charge is 2.25. The number of amides is 1. The van der Waals surface area contributed by atoms with Gasteiger partial charge in [-0.3, -0.25) is 5.32 Å². The second-order valence-electron chi connectivity index (χ2n) is 9.09. The number of rotatable bonds is 9. The number of anilines is 1. The number of aromatic nitrogens is 6. The molecule has 0 fully saturated rings. The molecule has 1 aliphatic rings. The molecule has 0 spiro atoms. The van der Waals surface area contributed by atoms with Gasteiger partial charge in [0.05, 0.1) is 12.7 Å². The maximum absolute atomic E-state index is 12.2. The van der Waals surface area contributed by atoms with Gasteiger partial charge in [0.1, 0.15) is 23.9 Å². The SMILES string of the molecule is COc1ccc(-c2c(/C=C/COC(=O)Nc3ccccn3)c(C)nc(Oc3ccc4c(c3)OCO4)c2-c2nn[nH]n2)cc1. The van der Waals surface area contributed by atoms with E-state index in [0.29, 0.717) is 40.1 Å². The summed E-state index contributed by atoms with van der Waals surface area (Å²) in [6.07, 6.45) is 4.48. The fraction of sp³-hybridized carbons (Fsp3) is 0.133. The molecule has 13 nitrogen and oxygen atoms in total. The lowest BCUT2D eigenvalue weighted by Gasteiger charge is -2.18. The van der Waals surface area contributed by atoms with E-state index in [2.05, 4.69) is 30.9 Å². The summed E-state index contributed by atoms with van der Waals surface area (Å²) in [5.74, 6) is 3.29. The van der Waals surface area contributed by atoms with E-state index in [9.17, 15) is 4.79 Å². The molecule has 13 heteroatoms. The Morgan fingerprint density at radius 1 is 1.05 bits per heavy atom. The van der Waals surface area contributed by atoms with Crippen LogP contribution in [0.4, 0.5) is 10.6 Å². The van der Waals surface area contributed by atoms with Crippen LogP contribution in [0, 0.1) is 6.92 Å². The molecule has 0 bridgehead atoms. The van der Waals surface area contributed by atoms with Crippen LogP contribution in [0.5, 0.6) is 28.9 Å². The highest BCUT2D eigenvalue weighted by molar-refractivity contribution is 5.91. The molecule has 6 rings (SSSR count). The predicted molar refractivity (Wildman–Crippen MR) is 155 cm³/mol. The first-order valence-electron chi connectivity index (χ1n) is 13.1. The number of benzene rings is 2. The molecule has 0 saturated heterocycles. The van der Waals surface area contributed by atoms with Gasteiger partial charge in [0.25, 0.3) is 0 Å². The lowest BCUT2D eigenvalue weighted by Crippen LogP contribution is -2.14. The van der Waals surface area contributed by atoms with Gasteiger partial charge in [-0.15, -0.1) is 10.2 Å². The molecule has 1 aliphatic heterocycles. The number of methoxy groups -OCH3 is 1. The van der Waals surface area contributed by atoms with Crippen LogP contribution < -0.4 is 24.3 Å². The summed E-state index contributed by atoms with van der Waals surface area (Å²) in [4.78, 5) is 21.1. The van der Waals surface area contributed by atoms with E-state index in [0.717, 1.165) is 16.7 Å². The molecule has 3 aromatic heterocycles. The molecule has 4 heterocycles. The van der Waals surface area contributed by atoms with E-state index in [4.69, 9.17) is 28.7 Å². The minimum absolute atomic E-state index is 0.00679. The number of carbonyl (C=O) groups excluding carboxylic acids is 1. The van der Waals surface area contributed by atoms with Crippen molar-refractivity contribution in [3.05, 3.63) is 84.2 Å². The molecule has 0 atom stereocenters. The maximum Gasteiger partial charge on any atom is 0.413 e. The number of nitrogens with one attached hydrogen (secondary N) is 2. The smallest absolute Gasteiger partial charge is 0.413 e. The molecule has 0 aliphatic carbocycles. The van der Waals surface area contributed by atoms with Gasteiger partial charge in [0, 0.05) is 29.1 Å². The third-order valence-corrected chi connectivity index (χ3v) is 6.39. The summed E-state index contributed by atoms with van der Waals surface area (Å²) in [6.45, 7) is 1.99. The number of nitrogens with zero attached hydrogens (tertiary/aromatic N) is 5. The van der Waals surface area contributed by atoms with E-state index < -0.39 is 6.09 Å². The third-order valence-electron chi connectivity index (χ3n) is 6.39. The van der Waals surface area contributed by atoms with E-state index in [-0.39, 0.29) is 25.1 Å². The number of carbonyl (C=O) groups is 1. The second kappa shape index (κ2) is 12.3. The first-order valence-corrected chi connectivity index (χ1v) is 13.1. The van der Waals surface area contributed by atoms with Gasteiger partial charge >= 0.3 is 6.09 Å². The molecular weight excluding hydrogens is 554 g/mol. The first-order chi connectivity index (χ1) is 21.1. The summed E-state index contributed by atoms with van der Waals surface area (Å²) >= 11 is 0. The van der Waals surface area contributed by atoms with Crippen LogP contribution in [0.15, 0.2) is 72.9 Å². The summed E-state index contributed by atoms with van der Waals surface area (Å²) in [5.41, 5.74) is 3.41. The standard InChI is InChI=1S/C30H25N7O6/c1-18-22(6-5-15-40-30(38)33-25-7-3-4-14-31-25)26(19-8-10-20(39-2)11-9-19)27(28-34-36-37-35-28)29(32-18)43-21-12-13-23-24(16-21)42-17-41-23/h3-14,16H,15,17H2,1-2H3,(H,31,33,38)(H,34,35,36,37)/b6-5+. The number of aromatic amines is 1. The molecule has 1 amide bonds. The van der Waals surface area contributed by atoms with Crippen LogP contribution in [-0.4, -0.2) is 57.2 Å². The zero-order chi connectivity index (χ0) is 29.6. The molecule has 5 aromatic rings. The van der Waals surface area contributed by atoms with Gasteiger partial charge in [0.15, 0.2) is 11.5 Å². The van der Waals surface area contributed by atoms with Gasteiger partial charge in [0.2, 0.25) is 18.5 Å². The quantitative estimate of drug-likeness (QED) is 0.230. The number of aryl methyl sites for hydroxylation is 1. The van der Waals surface area contributed by atoms with Crippen molar-refractivity contribution in [1.29, 1.82) is 0 Å². The molecule has 2 N–H and O–H groups in total. The zero-order valence-electron chi connectivity index (χ0n) is 23.1. The summed E-state index contributed by atoms with van der Waals surface area (Å²) in [7, 11) is 1.60. The number of H-pyrrole nitrogens is 1. The third kappa shape index (κ3) is 6.05. The van der Waals surface area contributed by atoms with Crippen molar-refractivity contribution in [2.45, 2.75) is 6.92 Å². The van der Waals surface area contributed by atoms with E-state index in [1.807, 2.05) is 37.3 Å². The topological polar surface area (TPSA) is 155 Å². The Morgan fingerprint density at radius 2 is 1.88 bits per heavy atom. The van der Waals surface area contributed by atoms with Crippen molar-refractivity contribution in [2.75, 3.05) is 25.8 Å². The van der Waals surface area contributed by atoms with Crippen LogP contribution >= 0.6 is 0 Å². The molecule has 216 valence electrons. The monoisotopic (exact) mass is 579 g/mol. The largest absolute Gasteiger partial charge is 0.497 e. The molecule has 0 unspecified atom stereocenters. The van der Waals surface area contributed by atoms with Crippen molar-refractivity contribution in [1.82, 2.24) is 30.6 Å². The zero-order valence-corrected chi connectivity index (χ0v) is 23.1. The Morgan fingerprint density at radius 3 is 2.65 bits per heavy atom. The Bertz CT molecular complexity index is 1760. The highest BCUT2D eigenvalue weighted by Crippen LogP contribution is 2.44. The minimum Gasteiger partial charge on any atom is -0.497 e. The second-order valence-corrected chi connectivity index (χ2v) is 9.09. The lowest BCUT2D eigenvalue weighted by molar-refractivity contribution is 0.173. The van der Waals surface area contributed by atoms with E-state index in [1.165, 1.54) is 0 Å². The number of hydrogen-bond acceptors (Lipinski definition) is 11. The normalized spacial score (nSPS) is 11.9. The number of ether oxygens (including phenoxy) is 5. The fourth-order valence-corrected chi connectivity index (χ4v) is 4.42. The molecule has 43 heavy (non-hydrogen) atoms. The predicted octanol–water partition coefficient (Wildman–Crippen LogP) is 5.42. The number of pyridine rings is 2. The minimum atomic E-state index is -0.631. The number of fused-ring (bicyclic) bond motifs is 1. The lowest BCUT2D eigenvalue weighted by atomic mass is 9.93. The number of hydrogen-bond donors (Lipinski definition) is 2. The van der Waals surface area contributed by atoms with E-state index >= 15 is 0 Å². The Kier molecular flexibility index (Phi) is 7.76. The molecule has 0 saturated carbocycles. The highest BCUT2D eigenvalue weighted by atomic mass is 16.7. The van der Waals surface area contributed by atoms with E-state index in [1.54, 1.807) is 55.8 Å². The Hall–Kier alpha value is -5.98. The van der Waals surface area contributed by atoms with Gasteiger partial charge in [-0.05, 0) is 60.2 Å². The van der Waals surface area contributed by atoms with Crippen LogP contribution in [0.1, 0.15) is 11.3 Å². The summed E-state index contributed by atoms with van der Waals surface area (Å²) in [5, 5.41) is 17.4. The first kappa shape index (κ1) is 27.2. The van der Waals surface area contributed by atoms with Crippen molar-refractivity contribution >= 4 is 18.0 Å². The van der Waals surface area contributed by atoms with Gasteiger partial charge < -0.3 is 23.7 Å². The summed E-state index contributed by atoms with van der Waals surface area (Å²) < 4.78 is 28.0. The van der Waals surface area contributed by atoms with Crippen molar-refractivity contribution in [3.63, 3.8) is 0 Å². The Labute approximate surface area is 245 Å². The average molecular weight is 580 g/mol. The average Bonchev–Trinajstić information content (AvgIpc) is 3.73. The van der Waals surface area contributed by atoms with Crippen molar-refractivity contribution in [2.24, 2.45) is 0 Å². The van der Waals surface area contributed by atoms with Crippen LogP contribution in [0.3, 0.4) is 0 Å². The fourth-order valence-electron chi connectivity index (χ4n) is 4.42. The van der Waals surface area contributed by atoms with Gasteiger partial charge in [-0.25, -0.2) is 14.8 Å². The van der Waals surface area contributed by atoms with Crippen molar-refractivity contribution in [3.8, 4) is 51.4 Å². The molecule has 2 aromatic carbocycles. The molecule has 0 radical (unpaired) electrons. The van der Waals surface area contributed by atoms with Crippen LogP contribution in [0.25, 0.3) is 28.6 Å². The maximum atomic E-state index is 12.2. The van der Waals surface area contributed by atoms with Gasteiger partial charge in [-0.2, -0.15) is 5.21 Å². The van der Waals surface area contributed by atoms with Crippen LogP contribution in [-0.2, 0) is 4.74 Å². The number of tetrazole rings is 1. The summed E-state index contributed by atoms with van der Waals surface area (Å²) in [6, 6.07) is 18.0. The van der Waals surface area contributed by atoms with Crippen LogP contribution in [0.2, 0.25) is 0 Å². The Balaban J connectivity index is 1.38. The molecular formula is C30H25N7O6.